The van der Waals surface area contributed by atoms with Crippen LogP contribution < -0.4 is 68.8 Å². The molecule has 0 heterocycles. The van der Waals surface area contributed by atoms with Crippen LogP contribution in [0, 0.1) is 0 Å². The van der Waals surface area contributed by atoms with E-state index in [1.54, 1.807) is 13.1 Å². The standard InChI is InChI=1S/C25H37N3O6.Rb/c1-20(26-2)16-23(30)17-21-8-10-22(11-9-21)18-28-24(31)19-33-14-7-15-34-25(32)27-12-5-3-4-6-13-29;/h8-11,13,16H,3-7,12,14-15,17-19H2,1-2H3,(H3,26,27,28,30,31,32);/q;+1/p-1. The average Bonchev–Trinajstić information content (AvgIpc) is 2.82. The van der Waals surface area contributed by atoms with Crippen LogP contribution in [0.5, 0.6) is 0 Å². The number of allylic oxidation sites excluding steroid dienone is 2. The maximum Gasteiger partial charge on any atom is 1.00 e. The SMILES string of the molecule is CN/C(C)=C\C(=O)Cc1ccc(C[N-]C(=O)COCCCOC(=O)NCCCCCC=O)cc1.[Rb+]. The molecule has 0 unspecified atom stereocenters. The van der Waals surface area contributed by atoms with Crippen molar-refractivity contribution < 1.29 is 86.8 Å². The Balaban J connectivity index is 0.0000116. The Kier molecular flexibility index (Phi) is 21.0. The van der Waals surface area contributed by atoms with Gasteiger partial charge in [-0.3, -0.25) is 4.79 Å². The van der Waals surface area contributed by atoms with Gasteiger partial charge in [-0.15, -0.1) is 6.54 Å². The molecule has 0 saturated carbocycles. The maximum absolute atomic E-state index is 11.9. The van der Waals surface area contributed by atoms with Crippen LogP contribution in [-0.2, 0) is 36.8 Å². The molecule has 9 nitrogen and oxygen atoms in total. The van der Waals surface area contributed by atoms with Gasteiger partial charge in [0.2, 0.25) is 0 Å². The smallest absolute Gasteiger partial charge is 0.648 e. The zero-order valence-corrected chi connectivity index (χ0v) is 26.1. The number of carbonyl (C=O) groups is 4. The second kappa shape index (κ2) is 21.9. The predicted molar refractivity (Wildman–Crippen MR) is 129 cm³/mol. The Morgan fingerprint density at radius 3 is 2.40 bits per heavy atom. The van der Waals surface area contributed by atoms with E-state index in [2.05, 4.69) is 16.0 Å². The van der Waals surface area contributed by atoms with Crippen LogP contribution in [0.2, 0.25) is 0 Å². The van der Waals surface area contributed by atoms with Crippen molar-refractivity contribution in [2.24, 2.45) is 0 Å². The maximum atomic E-state index is 11.9. The Hall–Kier alpha value is -1.39. The van der Waals surface area contributed by atoms with Crippen LogP contribution in [0.15, 0.2) is 36.0 Å². The number of aldehydes is 1. The first-order valence-electron chi connectivity index (χ1n) is 11.5. The number of amides is 2. The minimum Gasteiger partial charge on any atom is -0.648 e. The number of carbonyl (C=O) groups excluding carboxylic acids is 4. The van der Waals surface area contributed by atoms with Gasteiger partial charge in [0.1, 0.15) is 6.29 Å². The normalized spacial score (nSPS) is 10.6. The summed E-state index contributed by atoms with van der Waals surface area (Å²) in [5, 5.41) is 9.54. The van der Waals surface area contributed by atoms with Crippen molar-refractivity contribution >= 4 is 24.1 Å². The van der Waals surface area contributed by atoms with Gasteiger partial charge in [0, 0.05) is 44.6 Å². The molecule has 0 aliphatic rings. The van der Waals surface area contributed by atoms with E-state index in [0.29, 0.717) is 25.8 Å². The molecule has 0 aliphatic heterocycles. The predicted octanol–water partition coefficient (Wildman–Crippen LogP) is 0.218. The number of rotatable bonds is 18. The summed E-state index contributed by atoms with van der Waals surface area (Å²) < 4.78 is 10.3. The van der Waals surface area contributed by atoms with Gasteiger partial charge >= 0.3 is 64.3 Å². The van der Waals surface area contributed by atoms with Crippen molar-refractivity contribution in [3.63, 3.8) is 0 Å². The Morgan fingerprint density at radius 1 is 1.00 bits per heavy atom. The molecule has 0 aromatic heterocycles. The number of ketones is 1. The minimum atomic E-state index is -0.485. The molecule has 0 spiro atoms. The number of ether oxygens (including phenoxy) is 2. The number of nitrogens with one attached hydrogen (secondary N) is 2. The van der Waals surface area contributed by atoms with E-state index in [1.807, 2.05) is 31.2 Å². The molecule has 0 bridgehead atoms. The monoisotopic (exact) mass is 559 g/mol. The Morgan fingerprint density at radius 2 is 1.71 bits per heavy atom. The molecule has 2 N–H and O–H groups in total. The molecule has 0 fully saturated rings. The first kappa shape index (κ1) is 33.6. The molecule has 1 aromatic carbocycles. The summed E-state index contributed by atoms with van der Waals surface area (Å²) in [5.41, 5.74) is 2.58. The second-order valence-corrected chi connectivity index (χ2v) is 7.73. The van der Waals surface area contributed by atoms with Crippen LogP contribution in [0.25, 0.3) is 5.32 Å². The Bertz CT molecular complexity index is 799. The fourth-order valence-electron chi connectivity index (χ4n) is 2.81. The summed E-state index contributed by atoms with van der Waals surface area (Å²) in [6.45, 7) is 2.94. The van der Waals surface area contributed by atoms with Gasteiger partial charge in [-0.1, -0.05) is 36.2 Å². The van der Waals surface area contributed by atoms with Crippen LogP contribution in [-0.4, -0.2) is 57.5 Å². The van der Waals surface area contributed by atoms with Gasteiger partial charge in [0.25, 0.3) is 0 Å². The summed E-state index contributed by atoms with van der Waals surface area (Å²) in [5.74, 6) is -0.342. The number of alkyl carbamates (subject to hydrolysis) is 1. The molecule has 0 aliphatic carbocycles. The average molecular weight is 560 g/mol. The van der Waals surface area contributed by atoms with Crippen molar-refractivity contribution in [2.75, 3.05) is 33.4 Å². The molecule has 188 valence electrons. The second-order valence-electron chi connectivity index (χ2n) is 7.73. The molecule has 0 radical (unpaired) electrons. The molecule has 2 amide bonds. The molecule has 0 saturated heterocycles. The topological polar surface area (TPSA) is 125 Å². The third-order valence-electron chi connectivity index (χ3n) is 4.77. The van der Waals surface area contributed by atoms with Crippen molar-refractivity contribution in [3.05, 3.63) is 52.5 Å². The summed E-state index contributed by atoms with van der Waals surface area (Å²) in [6.07, 6.45) is 5.83. The molecule has 35 heavy (non-hydrogen) atoms. The summed E-state index contributed by atoms with van der Waals surface area (Å²) in [7, 11) is 1.77. The number of hydrogen-bond donors (Lipinski definition) is 2. The zero-order valence-electron chi connectivity index (χ0n) is 21.1. The van der Waals surface area contributed by atoms with Crippen LogP contribution in [0.1, 0.15) is 50.2 Å². The van der Waals surface area contributed by atoms with Gasteiger partial charge in [-0.25, -0.2) is 4.79 Å². The van der Waals surface area contributed by atoms with E-state index in [1.165, 1.54) is 0 Å². The first-order valence-corrected chi connectivity index (χ1v) is 11.5. The molecular formula is C25H36N3O6Rb. The van der Waals surface area contributed by atoms with E-state index < -0.39 is 6.09 Å². The van der Waals surface area contributed by atoms with E-state index in [0.717, 1.165) is 42.4 Å². The van der Waals surface area contributed by atoms with Gasteiger partial charge in [0.15, 0.2) is 5.78 Å². The van der Waals surface area contributed by atoms with Gasteiger partial charge in [-0.05, 0) is 25.3 Å². The van der Waals surface area contributed by atoms with Crippen LogP contribution in [0.3, 0.4) is 0 Å². The van der Waals surface area contributed by atoms with Crippen molar-refractivity contribution in [2.45, 2.75) is 52.0 Å². The van der Waals surface area contributed by atoms with E-state index in [9.17, 15) is 19.2 Å². The van der Waals surface area contributed by atoms with Crippen molar-refractivity contribution in [1.82, 2.24) is 10.6 Å². The fourth-order valence-corrected chi connectivity index (χ4v) is 2.81. The first-order chi connectivity index (χ1) is 16.4. The van der Waals surface area contributed by atoms with E-state index in [4.69, 9.17) is 9.47 Å². The fraction of sp³-hybridized carbons (Fsp3) is 0.520. The molecule has 1 rings (SSSR count). The number of hydrogen-bond acceptors (Lipinski definition) is 7. The van der Waals surface area contributed by atoms with Crippen LogP contribution >= 0.6 is 0 Å². The third kappa shape index (κ3) is 18.5. The van der Waals surface area contributed by atoms with Crippen LogP contribution in [0.4, 0.5) is 4.79 Å². The Labute approximate surface area is 256 Å². The van der Waals surface area contributed by atoms with Crippen molar-refractivity contribution in [1.29, 1.82) is 0 Å². The number of nitrogens with zero attached hydrogens (tertiary/aromatic N) is 1. The molecule has 10 heteroatoms. The molecule has 1 aromatic rings. The van der Waals surface area contributed by atoms with Gasteiger partial charge < -0.3 is 35.0 Å². The largest absolute Gasteiger partial charge is 1.00 e. The van der Waals surface area contributed by atoms with E-state index in [-0.39, 0.29) is 96.2 Å². The number of unbranched alkanes of at least 4 members (excludes halogenated alkanes) is 3. The summed E-state index contributed by atoms with van der Waals surface area (Å²) in [6, 6.07) is 7.41. The van der Waals surface area contributed by atoms with E-state index >= 15 is 0 Å². The number of benzene rings is 1. The quantitative estimate of drug-likeness (QED) is 0.150. The molecular weight excluding hydrogens is 524 g/mol. The van der Waals surface area contributed by atoms with Gasteiger partial charge in [0.05, 0.1) is 25.7 Å². The minimum absolute atomic E-state index is 0. The summed E-state index contributed by atoms with van der Waals surface area (Å²) >= 11 is 0. The third-order valence-corrected chi connectivity index (χ3v) is 4.77. The van der Waals surface area contributed by atoms with Crippen molar-refractivity contribution in [3.8, 4) is 0 Å². The molecule has 0 atom stereocenters. The summed E-state index contributed by atoms with van der Waals surface area (Å²) in [4.78, 5) is 45.5. The van der Waals surface area contributed by atoms with Gasteiger partial charge in [-0.2, -0.15) is 0 Å². The zero-order chi connectivity index (χ0) is 25.0.